The van der Waals surface area contributed by atoms with Gasteiger partial charge in [-0.2, -0.15) is 0 Å². The van der Waals surface area contributed by atoms with Crippen LogP contribution in [-0.2, 0) is 14.3 Å². The van der Waals surface area contributed by atoms with Crippen molar-refractivity contribution in [1.29, 1.82) is 0 Å². The summed E-state index contributed by atoms with van der Waals surface area (Å²) in [6.45, 7) is 10.1. The Bertz CT molecular complexity index is 403. The highest BCUT2D eigenvalue weighted by molar-refractivity contribution is 5.90. The Kier molecular flexibility index (Phi) is 4.91. The highest BCUT2D eigenvalue weighted by atomic mass is 16.5. The second-order valence-corrected chi connectivity index (χ2v) is 7.27. The van der Waals surface area contributed by atoms with E-state index in [2.05, 4.69) is 12.2 Å². The van der Waals surface area contributed by atoms with Gasteiger partial charge in [-0.1, -0.05) is 27.7 Å². The molecule has 2 rings (SSSR count). The highest BCUT2D eigenvalue weighted by Gasteiger charge is 2.39. The minimum absolute atomic E-state index is 0.0273. The maximum absolute atomic E-state index is 12.8. The quantitative estimate of drug-likeness (QED) is 0.860. The average molecular weight is 296 g/mol. The van der Waals surface area contributed by atoms with Crippen molar-refractivity contribution in [2.24, 2.45) is 11.3 Å². The molecule has 2 aliphatic heterocycles. The summed E-state index contributed by atoms with van der Waals surface area (Å²) in [5.41, 5.74) is -0.272. The number of amides is 2. The molecule has 0 bridgehead atoms. The third-order valence-electron chi connectivity index (χ3n) is 4.54. The minimum Gasteiger partial charge on any atom is -0.378 e. The summed E-state index contributed by atoms with van der Waals surface area (Å²) in [6.07, 6.45) is 2.62. The van der Waals surface area contributed by atoms with Crippen molar-refractivity contribution >= 4 is 11.8 Å². The van der Waals surface area contributed by atoms with Crippen molar-refractivity contribution in [1.82, 2.24) is 10.2 Å². The Labute approximate surface area is 127 Å². The molecule has 2 amide bonds. The smallest absolute Gasteiger partial charge is 0.245 e. The van der Waals surface area contributed by atoms with Crippen molar-refractivity contribution in [3.05, 3.63) is 0 Å². The van der Waals surface area contributed by atoms with Crippen LogP contribution in [0, 0.1) is 11.3 Å². The zero-order valence-electron chi connectivity index (χ0n) is 13.6. The Morgan fingerprint density at radius 2 is 2.05 bits per heavy atom. The van der Waals surface area contributed by atoms with E-state index in [0.717, 1.165) is 19.4 Å². The van der Waals surface area contributed by atoms with Crippen LogP contribution in [0.2, 0.25) is 0 Å². The lowest BCUT2D eigenvalue weighted by molar-refractivity contribution is -0.137. The van der Waals surface area contributed by atoms with Gasteiger partial charge in [-0.25, -0.2) is 0 Å². The van der Waals surface area contributed by atoms with Crippen molar-refractivity contribution in [2.45, 2.75) is 59.1 Å². The van der Waals surface area contributed by atoms with Gasteiger partial charge in [-0.05, 0) is 18.3 Å². The molecule has 5 heteroatoms. The van der Waals surface area contributed by atoms with E-state index in [1.54, 1.807) is 0 Å². The highest BCUT2D eigenvalue weighted by Crippen LogP contribution is 2.27. The minimum atomic E-state index is -0.435. The molecular formula is C16H28N2O3. The van der Waals surface area contributed by atoms with Crippen molar-refractivity contribution < 1.29 is 14.3 Å². The van der Waals surface area contributed by atoms with Crippen LogP contribution in [-0.4, -0.2) is 48.6 Å². The first-order chi connectivity index (χ1) is 9.82. The monoisotopic (exact) mass is 296 g/mol. The molecule has 3 atom stereocenters. The lowest BCUT2D eigenvalue weighted by atomic mass is 9.85. The molecule has 120 valence electrons. The van der Waals surface area contributed by atoms with Crippen molar-refractivity contribution in [3.8, 4) is 0 Å². The number of hydrogen-bond donors (Lipinski definition) is 1. The van der Waals surface area contributed by atoms with Crippen LogP contribution in [0.1, 0.15) is 47.0 Å². The Balaban J connectivity index is 2.10. The molecular weight excluding hydrogens is 268 g/mol. The molecule has 2 heterocycles. The predicted octanol–water partition coefficient (Wildman–Crippen LogP) is 1.56. The van der Waals surface area contributed by atoms with Gasteiger partial charge in [0.15, 0.2) is 0 Å². The molecule has 0 aromatic rings. The molecule has 2 aliphatic rings. The van der Waals surface area contributed by atoms with Crippen LogP contribution in [0.15, 0.2) is 0 Å². The van der Waals surface area contributed by atoms with E-state index >= 15 is 0 Å². The molecule has 2 saturated heterocycles. The normalized spacial score (nSPS) is 31.2. The van der Waals surface area contributed by atoms with Crippen molar-refractivity contribution in [2.75, 3.05) is 19.7 Å². The van der Waals surface area contributed by atoms with E-state index in [1.165, 1.54) is 0 Å². The summed E-state index contributed by atoms with van der Waals surface area (Å²) in [4.78, 5) is 26.5. The fourth-order valence-electron chi connectivity index (χ4n) is 3.23. The van der Waals surface area contributed by atoms with E-state index in [4.69, 9.17) is 4.74 Å². The second kappa shape index (κ2) is 6.34. The first kappa shape index (κ1) is 16.3. The van der Waals surface area contributed by atoms with Gasteiger partial charge in [-0.3, -0.25) is 9.59 Å². The first-order valence-electron chi connectivity index (χ1n) is 8.02. The number of rotatable bonds is 3. The average Bonchev–Trinajstić information content (AvgIpc) is 2.79. The molecule has 0 spiro atoms. The van der Waals surface area contributed by atoms with Gasteiger partial charge in [0.05, 0.1) is 6.10 Å². The van der Waals surface area contributed by atoms with Gasteiger partial charge in [-0.15, -0.1) is 0 Å². The van der Waals surface area contributed by atoms with E-state index < -0.39 is 6.04 Å². The number of ether oxygens (including phenoxy) is 1. The van der Waals surface area contributed by atoms with Gasteiger partial charge in [0, 0.05) is 32.0 Å². The van der Waals surface area contributed by atoms with Crippen LogP contribution >= 0.6 is 0 Å². The number of carbonyl (C=O) groups is 2. The molecule has 0 saturated carbocycles. The topological polar surface area (TPSA) is 58.6 Å². The molecule has 2 fully saturated rings. The number of nitrogens with zero attached hydrogens (tertiary/aromatic N) is 1. The molecule has 0 aliphatic carbocycles. The molecule has 0 radical (unpaired) electrons. The van der Waals surface area contributed by atoms with E-state index in [-0.39, 0.29) is 23.3 Å². The number of nitrogens with one attached hydrogen (secondary N) is 1. The molecule has 3 unspecified atom stereocenters. The summed E-state index contributed by atoms with van der Waals surface area (Å²) in [5, 5.41) is 2.89. The Hall–Kier alpha value is -1.10. The Morgan fingerprint density at radius 1 is 1.33 bits per heavy atom. The first-order valence-corrected chi connectivity index (χ1v) is 8.02. The van der Waals surface area contributed by atoms with Crippen LogP contribution in [0.4, 0.5) is 0 Å². The third kappa shape index (κ3) is 3.76. The number of carbonyl (C=O) groups excluding carboxylic acids is 2. The van der Waals surface area contributed by atoms with Gasteiger partial charge in [0.1, 0.15) is 6.04 Å². The molecule has 1 N–H and O–H groups in total. The maximum atomic E-state index is 12.8. The summed E-state index contributed by atoms with van der Waals surface area (Å²) in [5.74, 6) is 0.420. The molecule has 21 heavy (non-hydrogen) atoms. The van der Waals surface area contributed by atoms with Gasteiger partial charge in [0.2, 0.25) is 11.8 Å². The van der Waals surface area contributed by atoms with E-state index in [0.29, 0.717) is 25.4 Å². The van der Waals surface area contributed by atoms with Crippen LogP contribution in [0.3, 0.4) is 0 Å². The van der Waals surface area contributed by atoms with Crippen LogP contribution < -0.4 is 5.32 Å². The maximum Gasteiger partial charge on any atom is 0.245 e. The third-order valence-corrected chi connectivity index (χ3v) is 4.54. The predicted molar refractivity (Wildman–Crippen MR) is 80.7 cm³/mol. The summed E-state index contributed by atoms with van der Waals surface area (Å²) in [6, 6.07) is -0.435. The fourth-order valence-corrected chi connectivity index (χ4v) is 3.23. The lowest BCUT2D eigenvalue weighted by Crippen LogP contribution is -2.52. The standard InChI is InChI=1S/C16H28N2O3/c1-5-12-11(7-9-21-12)10-18-8-6-13(19)17-14(15(18)20)16(2,3)4/h11-12,14H,5-10H2,1-4H3,(H,17,19). The van der Waals surface area contributed by atoms with Gasteiger partial charge >= 0.3 is 0 Å². The zero-order valence-corrected chi connectivity index (χ0v) is 13.6. The SMILES string of the molecule is CCC1OCCC1CN1CCC(=O)NC(C(C)(C)C)C1=O. The molecule has 0 aromatic carbocycles. The number of hydrogen-bond acceptors (Lipinski definition) is 3. The summed E-state index contributed by atoms with van der Waals surface area (Å²) < 4.78 is 5.72. The van der Waals surface area contributed by atoms with Gasteiger partial charge in [0.25, 0.3) is 0 Å². The van der Waals surface area contributed by atoms with Gasteiger partial charge < -0.3 is 15.0 Å². The molecule has 5 nitrogen and oxygen atoms in total. The van der Waals surface area contributed by atoms with Crippen molar-refractivity contribution in [3.63, 3.8) is 0 Å². The molecule has 0 aromatic heterocycles. The summed E-state index contributed by atoms with van der Waals surface area (Å²) in [7, 11) is 0. The lowest BCUT2D eigenvalue weighted by Gasteiger charge is -2.33. The van der Waals surface area contributed by atoms with Crippen LogP contribution in [0.5, 0.6) is 0 Å². The van der Waals surface area contributed by atoms with E-state index in [9.17, 15) is 9.59 Å². The summed E-state index contributed by atoms with van der Waals surface area (Å²) >= 11 is 0. The van der Waals surface area contributed by atoms with E-state index in [1.807, 2.05) is 25.7 Å². The Morgan fingerprint density at radius 3 is 2.67 bits per heavy atom. The largest absolute Gasteiger partial charge is 0.378 e. The van der Waals surface area contributed by atoms with Crippen LogP contribution in [0.25, 0.3) is 0 Å². The fraction of sp³-hybridized carbons (Fsp3) is 0.875. The second-order valence-electron chi connectivity index (χ2n) is 7.27. The zero-order chi connectivity index (χ0) is 15.6.